The molecule has 0 spiro atoms. The topological polar surface area (TPSA) is 78.3 Å². The van der Waals surface area contributed by atoms with Crippen LogP contribution in [0.25, 0.3) is 10.4 Å². The number of nitrogens with two attached hydrogens (primary N) is 2. The molecular formula is C20H21ClN2O2S2. The van der Waals surface area contributed by atoms with Gasteiger partial charge in [-0.3, -0.25) is 0 Å². The third-order valence-electron chi connectivity index (χ3n) is 4.18. The van der Waals surface area contributed by atoms with Gasteiger partial charge in [-0.1, -0.05) is 23.7 Å². The summed E-state index contributed by atoms with van der Waals surface area (Å²) in [5.74, 6) is -0.439. The minimum Gasteiger partial charge on any atom is -0.465 e. The number of ether oxygens (including phenoxy) is 1. The summed E-state index contributed by atoms with van der Waals surface area (Å²) < 4.78 is 5.12. The van der Waals surface area contributed by atoms with Crippen molar-refractivity contribution in [3.05, 3.63) is 68.2 Å². The summed E-state index contributed by atoms with van der Waals surface area (Å²) in [6, 6.07) is 10.6. The van der Waals surface area contributed by atoms with E-state index in [-0.39, 0.29) is 12.6 Å². The van der Waals surface area contributed by atoms with Crippen LogP contribution in [0.4, 0.5) is 0 Å². The van der Waals surface area contributed by atoms with Crippen molar-refractivity contribution in [1.82, 2.24) is 0 Å². The van der Waals surface area contributed by atoms with E-state index in [4.69, 9.17) is 27.8 Å². The van der Waals surface area contributed by atoms with E-state index in [1.54, 1.807) is 18.3 Å². The van der Waals surface area contributed by atoms with E-state index in [2.05, 4.69) is 11.4 Å². The molecule has 0 bridgehead atoms. The number of hydrogen-bond donors (Lipinski definition) is 2. The molecule has 2 heterocycles. The fraction of sp³-hybridized carbons (Fsp3) is 0.250. The highest BCUT2D eigenvalue weighted by atomic mass is 35.5. The van der Waals surface area contributed by atoms with Gasteiger partial charge in [-0.25, -0.2) is 4.79 Å². The van der Waals surface area contributed by atoms with E-state index < -0.39 is 12.0 Å². The molecule has 2 atom stereocenters. The second-order valence-electron chi connectivity index (χ2n) is 6.11. The van der Waals surface area contributed by atoms with Gasteiger partial charge in [-0.05, 0) is 65.1 Å². The van der Waals surface area contributed by atoms with Crippen LogP contribution >= 0.6 is 34.3 Å². The molecule has 0 aliphatic heterocycles. The number of esters is 1. The van der Waals surface area contributed by atoms with Crippen LogP contribution in [0.2, 0.25) is 5.02 Å². The zero-order valence-electron chi connectivity index (χ0n) is 14.9. The van der Waals surface area contributed by atoms with Crippen molar-refractivity contribution in [2.75, 3.05) is 6.61 Å². The Hall–Kier alpha value is -1.70. The van der Waals surface area contributed by atoms with Gasteiger partial charge in [0.15, 0.2) is 0 Å². The molecule has 0 amide bonds. The van der Waals surface area contributed by atoms with E-state index in [0.29, 0.717) is 11.4 Å². The van der Waals surface area contributed by atoms with Crippen LogP contribution in [0, 0.1) is 0 Å². The first-order valence-corrected chi connectivity index (χ1v) is 10.7. The molecule has 2 aromatic heterocycles. The molecule has 4 N–H and O–H groups in total. The van der Waals surface area contributed by atoms with Crippen molar-refractivity contribution in [1.29, 1.82) is 0 Å². The van der Waals surface area contributed by atoms with E-state index in [1.165, 1.54) is 16.9 Å². The number of thiophene rings is 2. The Kier molecular flexibility index (Phi) is 6.68. The molecule has 1 aromatic carbocycles. The Bertz CT molecular complexity index is 891. The van der Waals surface area contributed by atoms with Crippen LogP contribution in [0.1, 0.15) is 35.0 Å². The maximum absolute atomic E-state index is 12.2. The Morgan fingerprint density at radius 1 is 1.22 bits per heavy atom. The summed E-state index contributed by atoms with van der Waals surface area (Å²) in [6.45, 7) is 2.06. The van der Waals surface area contributed by atoms with E-state index in [0.717, 1.165) is 20.9 Å². The highest BCUT2D eigenvalue weighted by molar-refractivity contribution is 7.15. The Balaban J connectivity index is 1.97. The van der Waals surface area contributed by atoms with Crippen molar-refractivity contribution in [2.24, 2.45) is 11.5 Å². The van der Waals surface area contributed by atoms with Gasteiger partial charge in [-0.15, -0.1) is 11.3 Å². The number of hydrogen-bond acceptors (Lipinski definition) is 6. The average Bonchev–Trinajstić information content (AvgIpc) is 3.31. The van der Waals surface area contributed by atoms with E-state index in [1.807, 2.05) is 35.7 Å². The zero-order chi connectivity index (χ0) is 19.4. The largest absolute Gasteiger partial charge is 0.465 e. The summed E-state index contributed by atoms with van der Waals surface area (Å²) in [5.41, 5.74) is 15.8. The first kappa shape index (κ1) is 20.0. The lowest BCUT2D eigenvalue weighted by atomic mass is 9.98. The molecule has 4 nitrogen and oxygen atoms in total. The quantitative estimate of drug-likeness (QED) is 0.531. The SMILES string of the molecule is CCOC(=O)C(N)c1sc(-c2ccc(Cl)cc2)cc1C(N)Cc1ccsc1. The van der Waals surface area contributed by atoms with Crippen LogP contribution in [0.15, 0.2) is 47.2 Å². The molecule has 0 saturated carbocycles. The van der Waals surface area contributed by atoms with Crippen LogP contribution in [-0.4, -0.2) is 12.6 Å². The van der Waals surface area contributed by atoms with Crippen molar-refractivity contribution >= 4 is 40.2 Å². The maximum Gasteiger partial charge on any atom is 0.328 e. The smallest absolute Gasteiger partial charge is 0.328 e. The minimum atomic E-state index is -0.848. The first-order valence-electron chi connectivity index (χ1n) is 8.58. The maximum atomic E-state index is 12.2. The third kappa shape index (κ3) is 4.78. The zero-order valence-corrected chi connectivity index (χ0v) is 17.2. The lowest BCUT2D eigenvalue weighted by Gasteiger charge is -2.15. The van der Waals surface area contributed by atoms with Crippen molar-refractivity contribution in [3.63, 3.8) is 0 Å². The van der Waals surface area contributed by atoms with Gasteiger partial charge in [0.25, 0.3) is 0 Å². The highest BCUT2D eigenvalue weighted by Crippen LogP contribution is 2.38. The number of carbonyl (C=O) groups excluding carboxylic acids is 1. The molecule has 0 fully saturated rings. The average molecular weight is 421 g/mol. The third-order valence-corrected chi connectivity index (χ3v) is 6.44. The Labute approximate surface area is 171 Å². The second-order valence-corrected chi connectivity index (χ2v) is 8.41. The van der Waals surface area contributed by atoms with Gasteiger partial charge in [-0.2, -0.15) is 11.3 Å². The Morgan fingerprint density at radius 2 is 1.96 bits per heavy atom. The van der Waals surface area contributed by atoms with Gasteiger partial charge in [0.2, 0.25) is 0 Å². The van der Waals surface area contributed by atoms with Crippen LogP contribution < -0.4 is 11.5 Å². The van der Waals surface area contributed by atoms with Gasteiger partial charge in [0.05, 0.1) is 6.61 Å². The van der Waals surface area contributed by atoms with Crippen molar-refractivity contribution in [2.45, 2.75) is 25.4 Å². The van der Waals surface area contributed by atoms with Gasteiger partial charge >= 0.3 is 5.97 Å². The standard InChI is InChI=1S/C20H21ClN2O2S2/c1-2-25-20(24)18(23)19-15(16(22)9-12-7-8-26-11-12)10-17(27-19)13-3-5-14(21)6-4-13/h3-8,10-11,16,18H,2,9,22-23H2,1H3. The van der Waals surface area contributed by atoms with E-state index >= 15 is 0 Å². The summed E-state index contributed by atoms with van der Waals surface area (Å²) in [5, 5.41) is 4.78. The summed E-state index contributed by atoms with van der Waals surface area (Å²) >= 11 is 9.11. The monoisotopic (exact) mass is 420 g/mol. The predicted molar refractivity (Wildman–Crippen MR) is 113 cm³/mol. The van der Waals surface area contributed by atoms with Gasteiger partial charge in [0.1, 0.15) is 6.04 Å². The highest BCUT2D eigenvalue weighted by Gasteiger charge is 2.26. The van der Waals surface area contributed by atoms with Gasteiger partial charge < -0.3 is 16.2 Å². The molecule has 0 aliphatic carbocycles. The fourth-order valence-corrected chi connectivity index (χ4v) is 4.86. The number of benzene rings is 1. The van der Waals surface area contributed by atoms with Crippen molar-refractivity contribution in [3.8, 4) is 10.4 Å². The van der Waals surface area contributed by atoms with Crippen LogP contribution in [0.5, 0.6) is 0 Å². The molecule has 2 unspecified atom stereocenters. The predicted octanol–water partition coefficient (Wildman–Crippen LogP) is 4.94. The molecule has 0 saturated heterocycles. The fourth-order valence-electron chi connectivity index (χ4n) is 2.82. The van der Waals surface area contributed by atoms with E-state index in [9.17, 15) is 4.79 Å². The number of carbonyl (C=O) groups is 1. The van der Waals surface area contributed by atoms with Crippen LogP contribution in [0.3, 0.4) is 0 Å². The molecule has 3 rings (SSSR count). The minimum absolute atomic E-state index is 0.257. The summed E-state index contributed by atoms with van der Waals surface area (Å²) in [7, 11) is 0. The summed E-state index contributed by atoms with van der Waals surface area (Å²) in [4.78, 5) is 14.0. The first-order chi connectivity index (χ1) is 13.0. The normalized spacial score (nSPS) is 13.3. The molecule has 3 aromatic rings. The molecule has 27 heavy (non-hydrogen) atoms. The van der Waals surface area contributed by atoms with Crippen molar-refractivity contribution < 1.29 is 9.53 Å². The number of halogens is 1. The lowest BCUT2D eigenvalue weighted by Crippen LogP contribution is -2.25. The molecule has 0 radical (unpaired) electrons. The number of rotatable bonds is 7. The Morgan fingerprint density at radius 3 is 2.59 bits per heavy atom. The molecule has 7 heteroatoms. The summed E-state index contributed by atoms with van der Waals surface area (Å²) in [6.07, 6.45) is 0.683. The lowest BCUT2D eigenvalue weighted by molar-refractivity contribution is -0.144. The molecule has 142 valence electrons. The van der Waals surface area contributed by atoms with Gasteiger partial charge in [0, 0.05) is 20.8 Å². The second kappa shape index (κ2) is 8.99. The molecular weight excluding hydrogens is 400 g/mol. The van der Waals surface area contributed by atoms with Crippen LogP contribution in [-0.2, 0) is 16.0 Å². The molecule has 0 aliphatic rings.